The molecule has 0 aliphatic heterocycles. The first kappa shape index (κ1) is 29.0. The highest BCUT2D eigenvalue weighted by Crippen LogP contribution is 2.26. The smallest absolute Gasteiger partial charge is 0.289 e. The number of amides is 2. The van der Waals surface area contributed by atoms with Crippen molar-refractivity contribution in [2.75, 3.05) is 13.7 Å². The molecular formula is C31H34N2O6. The highest BCUT2D eigenvalue weighted by Gasteiger charge is 2.28. The maximum Gasteiger partial charge on any atom is 0.289 e. The molecule has 0 aromatic heterocycles. The number of carbonyl (C=O) groups excluding carboxylic acids is 3. The molecule has 2 amide bonds. The van der Waals surface area contributed by atoms with Crippen molar-refractivity contribution in [2.24, 2.45) is 0 Å². The van der Waals surface area contributed by atoms with Gasteiger partial charge >= 0.3 is 0 Å². The zero-order valence-electron chi connectivity index (χ0n) is 22.1. The van der Waals surface area contributed by atoms with E-state index < -0.39 is 23.6 Å². The Labute approximate surface area is 228 Å². The van der Waals surface area contributed by atoms with Crippen molar-refractivity contribution in [2.45, 2.75) is 38.6 Å². The lowest BCUT2D eigenvalue weighted by Crippen LogP contribution is -2.49. The fourth-order valence-corrected chi connectivity index (χ4v) is 4.02. The number of carbonyl (C=O) groups is 3. The van der Waals surface area contributed by atoms with Crippen molar-refractivity contribution in [3.05, 3.63) is 95.1 Å². The van der Waals surface area contributed by atoms with Crippen molar-refractivity contribution in [1.29, 1.82) is 0 Å². The molecule has 204 valence electrons. The number of phenols is 2. The maximum atomic E-state index is 13.3. The lowest BCUT2D eigenvalue weighted by Gasteiger charge is -2.19. The van der Waals surface area contributed by atoms with Crippen LogP contribution < -0.4 is 15.4 Å². The minimum atomic E-state index is -1.07. The SMILES string of the molecule is CCC/C(=C\c1ccc(O)c(O)c1)C(=O)NC(Cc1ccccc1)C(=O)C(=O)NCCc1ccc(OC)cc1. The number of hydrogen-bond donors (Lipinski definition) is 4. The summed E-state index contributed by atoms with van der Waals surface area (Å²) in [5, 5.41) is 24.8. The summed E-state index contributed by atoms with van der Waals surface area (Å²) in [4.78, 5) is 39.3. The molecule has 39 heavy (non-hydrogen) atoms. The molecule has 1 atom stereocenters. The maximum absolute atomic E-state index is 13.3. The van der Waals surface area contributed by atoms with Crippen LogP contribution in [0.25, 0.3) is 6.08 Å². The van der Waals surface area contributed by atoms with Crippen LogP contribution in [0.5, 0.6) is 17.2 Å². The summed E-state index contributed by atoms with van der Waals surface area (Å²) in [7, 11) is 1.59. The van der Waals surface area contributed by atoms with Crippen molar-refractivity contribution in [3.63, 3.8) is 0 Å². The molecule has 0 radical (unpaired) electrons. The first-order valence-electron chi connectivity index (χ1n) is 12.8. The quantitative estimate of drug-likeness (QED) is 0.151. The van der Waals surface area contributed by atoms with Gasteiger partial charge in [-0.3, -0.25) is 14.4 Å². The van der Waals surface area contributed by atoms with E-state index in [-0.39, 0.29) is 24.5 Å². The number of hydrogen-bond acceptors (Lipinski definition) is 6. The second kappa shape index (κ2) is 14.4. The van der Waals surface area contributed by atoms with E-state index in [1.54, 1.807) is 19.3 Å². The van der Waals surface area contributed by atoms with Gasteiger partial charge in [0.15, 0.2) is 11.5 Å². The van der Waals surface area contributed by atoms with Gasteiger partial charge in [-0.25, -0.2) is 0 Å². The Hall–Kier alpha value is -4.59. The Balaban J connectivity index is 1.73. The fraction of sp³-hybridized carbons (Fsp3) is 0.258. The summed E-state index contributed by atoms with van der Waals surface area (Å²) < 4.78 is 5.15. The summed E-state index contributed by atoms with van der Waals surface area (Å²) in [6.45, 7) is 2.17. The zero-order valence-corrected chi connectivity index (χ0v) is 22.1. The summed E-state index contributed by atoms with van der Waals surface area (Å²) in [6, 6.07) is 19.8. The number of Topliss-reactive ketones (excluding diaryl/α,β-unsaturated/α-hetero) is 1. The van der Waals surface area contributed by atoms with Gasteiger partial charge in [0.25, 0.3) is 5.91 Å². The fourth-order valence-electron chi connectivity index (χ4n) is 4.02. The van der Waals surface area contributed by atoms with Crippen LogP contribution in [0, 0.1) is 0 Å². The van der Waals surface area contributed by atoms with E-state index in [1.165, 1.54) is 12.1 Å². The molecule has 8 nitrogen and oxygen atoms in total. The van der Waals surface area contributed by atoms with Crippen LogP contribution in [0.15, 0.2) is 78.4 Å². The molecule has 0 aliphatic carbocycles. The third-order valence-corrected chi connectivity index (χ3v) is 6.14. The van der Waals surface area contributed by atoms with E-state index in [1.807, 2.05) is 61.5 Å². The number of phenolic OH excluding ortho intramolecular Hbond substituents is 2. The molecule has 8 heteroatoms. The predicted octanol–water partition coefficient (Wildman–Crippen LogP) is 3.95. The van der Waals surface area contributed by atoms with E-state index in [0.717, 1.165) is 16.9 Å². The van der Waals surface area contributed by atoms with Crippen molar-refractivity contribution in [3.8, 4) is 17.2 Å². The molecule has 3 aromatic carbocycles. The third-order valence-electron chi connectivity index (χ3n) is 6.14. The number of ketones is 1. The first-order valence-corrected chi connectivity index (χ1v) is 12.8. The standard InChI is InChI=1S/C31H34N2O6/c1-3-7-24(18-23-12-15-27(34)28(35)20-23)30(37)33-26(19-22-8-5-4-6-9-22)29(36)31(38)32-17-16-21-10-13-25(39-2)14-11-21/h4-6,8-15,18,20,26,34-35H,3,7,16-17,19H2,1-2H3,(H,32,38)(H,33,37)/b24-18+. The zero-order chi connectivity index (χ0) is 28.2. The van der Waals surface area contributed by atoms with Crippen LogP contribution in [-0.4, -0.2) is 47.5 Å². The molecule has 3 rings (SSSR count). The monoisotopic (exact) mass is 530 g/mol. The summed E-state index contributed by atoms with van der Waals surface area (Å²) in [5.74, 6) is -1.82. The minimum absolute atomic E-state index is 0.150. The van der Waals surface area contributed by atoms with Gasteiger partial charge in [0.1, 0.15) is 11.8 Å². The molecule has 0 saturated heterocycles. The summed E-state index contributed by atoms with van der Waals surface area (Å²) >= 11 is 0. The first-order chi connectivity index (χ1) is 18.8. The number of rotatable bonds is 13. The van der Waals surface area contributed by atoms with E-state index in [0.29, 0.717) is 30.4 Å². The second-order valence-corrected chi connectivity index (χ2v) is 9.10. The average molecular weight is 531 g/mol. The molecular weight excluding hydrogens is 496 g/mol. The summed E-state index contributed by atoms with van der Waals surface area (Å²) in [5.41, 5.74) is 2.68. The van der Waals surface area contributed by atoms with E-state index in [4.69, 9.17) is 4.74 Å². The Morgan fingerprint density at radius 1 is 0.897 bits per heavy atom. The van der Waals surface area contributed by atoms with Crippen molar-refractivity contribution in [1.82, 2.24) is 10.6 Å². The number of benzene rings is 3. The Kier molecular flexibility index (Phi) is 10.7. The lowest BCUT2D eigenvalue weighted by molar-refractivity contribution is -0.139. The van der Waals surface area contributed by atoms with Gasteiger partial charge in [-0.15, -0.1) is 0 Å². The number of ether oxygens (including phenoxy) is 1. The molecule has 4 N–H and O–H groups in total. The van der Waals surface area contributed by atoms with Gasteiger partial charge in [0.2, 0.25) is 11.7 Å². The molecule has 0 bridgehead atoms. The van der Waals surface area contributed by atoms with Crippen LogP contribution in [0.1, 0.15) is 36.5 Å². The van der Waals surface area contributed by atoms with Gasteiger partial charge in [-0.2, -0.15) is 0 Å². The highest BCUT2D eigenvalue weighted by atomic mass is 16.5. The van der Waals surface area contributed by atoms with E-state index in [2.05, 4.69) is 10.6 Å². The van der Waals surface area contributed by atoms with E-state index in [9.17, 15) is 24.6 Å². The van der Waals surface area contributed by atoms with Gasteiger partial charge < -0.3 is 25.6 Å². The van der Waals surface area contributed by atoms with Crippen LogP contribution in [-0.2, 0) is 27.2 Å². The molecule has 0 aliphatic rings. The largest absolute Gasteiger partial charge is 0.504 e. The number of methoxy groups -OCH3 is 1. The second-order valence-electron chi connectivity index (χ2n) is 9.10. The normalized spacial score (nSPS) is 11.9. The molecule has 0 heterocycles. The van der Waals surface area contributed by atoms with Crippen molar-refractivity contribution >= 4 is 23.7 Å². The Morgan fingerprint density at radius 2 is 1.62 bits per heavy atom. The molecule has 1 unspecified atom stereocenters. The summed E-state index contributed by atoms with van der Waals surface area (Å²) in [6.07, 6.45) is 3.34. The van der Waals surface area contributed by atoms with Crippen molar-refractivity contribution < 1.29 is 29.3 Å². The topological polar surface area (TPSA) is 125 Å². The van der Waals surface area contributed by atoms with Crippen LogP contribution >= 0.6 is 0 Å². The lowest BCUT2D eigenvalue weighted by atomic mass is 10.00. The predicted molar refractivity (Wildman–Crippen MR) is 149 cm³/mol. The minimum Gasteiger partial charge on any atom is -0.504 e. The van der Waals surface area contributed by atoms with Gasteiger partial charge in [0.05, 0.1) is 7.11 Å². The van der Waals surface area contributed by atoms with E-state index >= 15 is 0 Å². The highest BCUT2D eigenvalue weighted by molar-refractivity contribution is 6.38. The van der Waals surface area contributed by atoms with Crippen LogP contribution in [0.4, 0.5) is 0 Å². The molecule has 0 spiro atoms. The molecule has 3 aromatic rings. The van der Waals surface area contributed by atoms with Crippen LogP contribution in [0.3, 0.4) is 0 Å². The van der Waals surface area contributed by atoms with Gasteiger partial charge in [-0.1, -0.05) is 61.9 Å². The van der Waals surface area contributed by atoms with Crippen LogP contribution in [0.2, 0.25) is 0 Å². The molecule has 0 saturated carbocycles. The number of aromatic hydroxyl groups is 2. The Morgan fingerprint density at radius 3 is 2.26 bits per heavy atom. The van der Waals surface area contributed by atoms with Gasteiger partial charge in [-0.05, 0) is 59.9 Å². The average Bonchev–Trinajstić information content (AvgIpc) is 2.94. The Bertz CT molecular complexity index is 1300. The third kappa shape index (κ3) is 8.74. The number of nitrogens with one attached hydrogen (secondary N) is 2. The van der Waals surface area contributed by atoms with Gasteiger partial charge in [0, 0.05) is 18.5 Å². The molecule has 0 fully saturated rings.